The van der Waals surface area contributed by atoms with E-state index in [-0.39, 0.29) is 25.2 Å². The molecule has 1 aromatic heterocycles. The summed E-state index contributed by atoms with van der Waals surface area (Å²) in [5.41, 5.74) is 7.34. The smallest absolute Gasteiger partial charge is 0.404 e. The monoisotopic (exact) mass is 346 g/mol. The van der Waals surface area contributed by atoms with Crippen LogP contribution in [0.1, 0.15) is 12.0 Å². The lowest BCUT2D eigenvalue weighted by Crippen LogP contribution is -2.54. The number of alkyl halides is 3. The second-order valence-electron chi connectivity index (χ2n) is 5.97. The fraction of sp³-hybridized carbons (Fsp3) is 0.571. The van der Waals surface area contributed by atoms with Crippen molar-refractivity contribution >= 4 is 17.5 Å². The van der Waals surface area contributed by atoms with Crippen molar-refractivity contribution in [2.45, 2.75) is 25.1 Å². The van der Waals surface area contributed by atoms with Gasteiger partial charge in [0.1, 0.15) is 0 Å². The molecule has 1 fully saturated rings. The number of nitrogens with two attached hydrogens (primary N) is 1. The van der Waals surface area contributed by atoms with Gasteiger partial charge in [0.05, 0.1) is 36.1 Å². The lowest BCUT2D eigenvalue weighted by atomic mass is 9.92. The van der Waals surface area contributed by atoms with Crippen molar-refractivity contribution in [1.29, 1.82) is 0 Å². The number of amides is 1. The normalized spacial score (nSPS) is 23.5. The highest BCUT2D eigenvalue weighted by atomic mass is 19.4. The van der Waals surface area contributed by atoms with Gasteiger partial charge in [0.25, 0.3) is 0 Å². The van der Waals surface area contributed by atoms with Crippen LogP contribution in [0.4, 0.5) is 29.3 Å². The minimum atomic E-state index is -4.42. The number of nitrogen functional groups attached to an aromatic ring is 1. The van der Waals surface area contributed by atoms with Crippen molar-refractivity contribution in [2.24, 2.45) is 5.92 Å². The van der Waals surface area contributed by atoms with Crippen LogP contribution in [-0.2, 0) is 6.42 Å². The Morgan fingerprint density at radius 3 is 2.88 bits per heavy atom. The maximum atomic E-state index is 13.2. The quantitative estimate of drug-likeness (QED) is 0.752. The predicted molar refractivity (Wildman–Crippen MR) is 79.2 cm³/mol. The van der Waals surface area contributed by atoms with E-state index in [2.05, 4.69) is 10.3 Å². The van der Waals surface area contributed by atoms with E-state index in [1.54, 1.807) is 0 Å². The first-order chi connectivity index (χ1) is 11.3. The fourth-order valence-corrected chi connectivity index (χ4v) is 3.31. The van der Waals surface area contributed by atoms with Gasteiger partial charge in [-0.2, -0.15) is 13.2 Å². The molecule has 0 spiro atoms. The zero-order valence-electron chi connectivity index (χ0n) is 12.6. The van der Waals surface area contributed by atoms with E-state index in [1.807, 2.05) is 0 Å². The Labute approximate surface area is 135 Å². The largest absolute Gasteiger partial charge is 0.477 e. The molecule has 1 saturated heterocycles. The summed E-state index contributed by atoms with van der Waals surface area (Å²) in [4.78, 5) is 16.4. The Balaban J connectivity index is 1.94. The highest BCUT2D eigenvalue weighted by Crippen LogP contribution is 2.41. The number of pyridine rings is 1. The molecule has 10 heteroatoms. The van der Waals surface area contributed by atoms with Crippen LogP contribution in [-0.4, -0.2) is 48.1 Å². The number of piperidine rings is 1. The maximum absolute atomic E-state index is 13.2. The Kier molecular flexibility index (Phi) is 4.06. The summed E-state index contributed by atoms with van der Waals surface area (Å²) in [5, 5.41) is 11.0. The summed E-state index contributed by atoms with van der Waals surface area (Å²) < 4.78 is 45.1. The zero-order valence-corrected chi connectivity index (χ0v) is 12.6. The topological polar surface area (TPSA) is 101 Å². The van der Waals surface area contributed by atoms with Crippen LogP contribution in [0.3, 0.4) is 0 Å². The summed E-state index contributed by atoms with van der Waals surface area (Å²) in [5.74, 6) is -1.27. The van der Waals surface area contributed by atoms with Crippen molar-refractivity contribution in [3.05, 3.63) is 11.8 Å². The highest BCUT2D eigenvalue weighted by molar-refractivity contribution is 5.74. The van der Waals surface area contributed by atoms with Crippen molar-refractivity contribution in [1.82, 2.24) is 10.3 Å². The second kappa shape index (κ2) is 5.91. The number of carboxylic acid groups (broad SMARTS) is 1. The third-order valence-corrected chi connectivity index (χ3v) is 4.29. The lowest BCUT2D eigenvalue weighted by molar-refractivity contribution is -0.177. The van der Waals surface area contributed by atoms with Crippen LogP contribution >= 0.6 is 0 Å². The number of rotatable bonds is 2. The summed E-state index contributed by atoms with van der Waals surface area (Å²) in [6, 6.07) is -0.839. The van der Waals surface area contributed by atoms with Crippen LogP contribution in [0, 0.1) is 5.92 Å². The van der Waals surface area contributed by atoms with Gasteiger partial charge in [0.2, 0.25) is 5.88 Å². The van der Waals surface area contributed by atoms with Crippen LogP contribution in [0.15, 0.2) is 6.20 Å². The molecule has 7 nitrogen and oxygen atoms in total. The summed E-state index contributed by atoms with van der Waals surface area (Å²) in [6.45, 7) is 0.230. The first kappa shape index (κ1) is 16.5. The summed E-state index contributed by atoms with van der Waals surface area (Å²) in [6.07, 6.45) is -4.20. The summed E-state index contributed by atoms with van der Waals surface area (Å²) in [7, 11) is 0. The predicted octanol–water partition coefficient (Wildman–Crippen LogP) is 1.62. The molecule has 2 atom stereocenters. The van der Waals surface area contributed by atoms with E-state index in [4.69, 9.17) is 15.6 Å². The van der Waals surface area contributed by atoms with Crippen molar-refractivity contribution in [3.63, 3.8) is 0 Å². The summed E-state index contributed by atoms with van der Waals surface area (Å²) >= 11 is 0. The SMILES string of the molecule is Nc1cnc2c(c1N1C[C@@H](NC(=O)O)C[C@@H](C(F)(F)F)C1)CCO2. The molecule has 0 radical (unpaired) electrons. The molecule has 0 aromatic carbocycles. The number of ether oxygens (including phenoxy) is 1. The molecule has 1 amide bonds. The Morgan fingerprint density at radius 1 is 1.46 bits per heavy atom. The molecule has 1 aromatic rings. The highest BCUT2D eigenvalue weighted by Gasteiger charge is 2.45. The van der Waals surface area contributed by atoms with Gasteiger partial charge in [-0.3, -0.25) is 0 Å². The molecule has 2 aliphatic heterocycles. The van der Waals surface area contributed by atoms with Crippen LogP contribution < -0.4 is 20.7 Å². The van der Waals surface area contributed by atoms with Crippen LogP contribution in [0.5, 0.6) is 5.88 Å². The van der Waals surface area contributed by atoms with Crippen LogP contribution in [0.25, 0.3) is 0 Å². The molecular weight excluding hydrogens is 329 g/mol. The van der Waals surface area contributed by atoms with E-state index in [1.165, 1.54) is 11.1 Å². The Morgan fingerprint density at radius 2 is 2.21 bits per heavy atom. The number of halogens is 3. The fourth-order valence-electron chi connectivity index (χ4n) is 3.31. The Hall–Kier alpha value is -2.39. The molecule has 4 N–H and O–H groups in total. The molecule has 24 heavy (non-hydrogen) atoms. The molecule has 0 bridgehead atoms. The van der Waals surface area contributed by atoms with Crippen LogP contribution in [0.2, 0.25) is 0 Å². The van der Waals surface area contributed by atoms with Gasteiger partial charge in [-0.05, 0) is 6.42 Å². The number of hydrogen-bond donors (Lipinski definition) is 3. The average molecular weight is 346 g/mol. The maximum Gasteiger partial charge on any atom is 0.404 e. The minimum absolute atomic E-state index is 0.111. The number of hydrogen-bond acceptors (Lipinski definition) is 5. The molecule has 0 aliphatic carbocycles. The van der Waals surface area contributed by atoms with Gasteiger partial charge in [-0.25, -0.2) is 9.78 Å². The zero-order chi connectivity index (χ0) is 17.5. The van der Waals surface area contributed by atoms with E-state index in [0.29, 0.717) is 30.2 Å². The number of nitrogens with one attached hydrogen (secondary N) is 1. The van der Waals surface area contributed by atoms with E-state index < -0.39 is 24.2 Å². The molecule has 0 unspecified atom stereocenters. The second-order valence-corrected chi connectivity index (χ2v) is 5.97. The van der Waals surface area contributed by atoms with Gasteiger partial charge in [-0.1, -0.05) is 0 Å². The average Bonchev–Trinajstić information content (AvgIpc) is 2.93. The molecule has 3 rings (SSSR count). The number of carbonyl (C=O) groups is 1. The van der Waals surface area contributed by atoms with E-state index >= 15 is 0 Å². The molecular formula is C14H17F3N4O3. The molecule has 132 valence electrons. The van der Waals surface area contributed by atoms with Gasteiger partial charge in [-0.15, -0.1) is 0 Å². The van der Waals surface area contributed by atoms with Gasteiger partial charge >= 0.3 is 12.3 Å². The number of fused-ring (bicyclic) bond motifs is 1. The minimum Gasteiger partial charge on any atom is -0.477 e. The molecule has 2 aliphatic rings. The number of anilines is 2. The number of nitrogens with zero attached hydrogens (tertiary/aromatic N) is 2. The third-order valence-electron chi connectivity index (χ3n) is 4.29. The van der Waals surface area contributed by atoms with E-state index in [9.17, 15) is 18.0 Å². The third kappa shape index (κ3) is 3.13. The number of aromatic nitrogens is 1. The molecule has 3 heterocycles. The van der Waals surface area contributed by atoms with E-state index in [0.717, 1.165) is 0 Å². The standard InChI is InChI=1S/C14H17F3N4O3/c15-14(16,17)7-3-8(20-13(22)23)6-21(5-7)11-9-1-2-24-12(9)19-4-10(11)18/h4,7-8,20H,1-3,5-6,18H2,(H,22,23)/t7-,8+/m1/s1. The molecule has 0 saturated carbocycles. The Bertz CT molecular complexity index is 653. The van der Waals surface area contributed by atoms with Gasteiger partial charge in [0, 0.05) is 25.1 Å². The van der Waals surface area contributed by atoms with Crippen molar-refractivity contribution < 1.29 is 27.8 Å². The lowest BCUT2D eigenvalue weighted by Gasteiger charge is -2.40. The first-order valence-electron chi connectivity index (χ1n) is 7.47. The van der Waals surface area contributed by atoms with Gasteiger partial charge < -0.3 is 25.8 Å². The first-order valence-corrected chi connectivity index (χ1v) is 7.47. The van der Waals surface area contributed by atoms with Crippen molar-refractivity contribution in [2.75, 3.05) is 30.3 Å². The van der Waals surface area contributed by atoms with Gasteiger partial charge in [0.15, 0.2) is 0 Å². The van der Waals surface area contributed by atoms with Crippen molar-refractivity contribution in [3.8, 4) is 5.88 Å².